The van der Waals surface area contributed by atoms with Gasteiger partial charge < -0.3 is 14.7 Å². The maximum absolute atomic E-state index is 12.4. The van der Waals surface area contributed by atoms with Gasteiger partial charge in [-0.1, -0.05) is 48.5 Å². The molecule has 5 nitrogen and oxygen atoms in total. The Kier molecular flexibility index (Phi) is 4.37. The Morgan fingerprint density at radius 3 is 2.27 bits per heavy atom. The van der Waals surface area contributed by atoms with Crippen LogP contribution >= 0.6 is 0 Å². The van der Waals surface area contributed by atoms with Gasteiger partial charge in [-0.3, -0.25) is 4.79 Å². The minimum absolute atomic E-state index is 0.0213. The maximum Gasteiger partial charge on any atom is 0.409 e. The predicted octanol–water partition coefficient (Wildman–Crippen LogP) is 3.73. The van der Waals surface area contributed by atoms with Crippen LogP contribution in [0.4, 0.5) is 4.79 Å². The molecule has 2 aromatic carbocycles. The number of nitrogens with zero attached hydrogens (tertiary/aromatic N) is 1. The zero-order chi connectivity index (χ0) is 18.1. The highest BCUT2D eigenvalue weighted by Crippen LogP contribution is 2.44. The molecule has 0 radical (unpaired) electrons. The number of hydrogen-bond donors (Lipinski definition) is 1. The van der Waals surface area contributed by atoms with Gasteiger partial charge in [0.1, 0.15) is 6.61 Å². The van der Waals surface area contributed by atoms with Crippen LogP contribution in [0.5, 0.6) is 0 Å². The van der Waals surface area contributed by atoms with E-state index in [4.69, 9.17) is 9.84 Å². The molecule has 1 saturated heterocycles. The molecule has 1 heterocycles. The normalized spacial score (nSPS) is 18.5. The number of carboxylic acid groups (broad SMARTS) is 1. The summed E-state index contributed by atoms with van der Waals surface area (Å²) in [6.07, 6.45) is 0.476. The topological polar surface area (TPSA) is 66.8 Å². The van der Waals surface area contributed by atoms with Crippen molar-refractivity contribution in [3.05, 3.63) is 59.7 Å². The molecule has 1 aliphatic carbocycles. The number of hydrogen-bond acceptors (Lipinski definition) is 3. The number of amides is 1. The van der Waals surface area contributed by atoms with E-state index < -0.39 is 5.97 Å². The molecule has 0 spiro atoms. The molecule has 0 unspecified atom stereocenters. The van der Waals surface area contributed by atoms with E-state index in [1.807, 2.05) is 24.3 Å². The van der Waals surface area contributed by atoms with Crippen molar-refractivity contribution in [3.8, 4) is 11.1 Å². The van der Waals surface area contributed by atoms with E-state index in [2.05, 4.69) is 24.3 Å². The molecule has 4 rings (SSSR count). The van der Waals surface area contributed by atoms with Gasteiger partial charge in [0.25, 0.3) is 0 Å². The fraction of sp³-hybridized carbons (Fsp3) is 0.333. The first-order valence-corrected chi connectivity index (χ1v) is 8.95. The molecule has 0 saturated carbocycles. The standard InChI is InChI=1S/C21H21NO4/c23-20(24)11-14-9-10-22(12-14)21(25)26-13-19-17-7-3-1-5-15(17)16-6-2-4-8-18(16)19/h1-8,14,19H,9-13H2,(H,23,24)/t14-/m0/s1. The second kappa shape index (κ2) is 6.83. The maximum atomic E-state index is 12.4. The summed E-state index contributed by atoms with van der Waals surface area (Å²) in [6.45, 7) is 1.32. The number of fused-ring (bicyclic) bond motifs is 3. The molecule has 1 N–H and O–H groups in total. The number of benzene rings is 2. The van der Waals surface area contributed by atoms with Gasteiger partial charge in [0.05, 0.1) is 0 Å². The summed E-state index contributed by atoms with van der Waals surface area (Å²) < 4.78 is 5.62. The summed E-state index contributed by atoms with van der Waals surface area (Å²) in [5.74, 6) is -0.749. The molecular weight excluding hydrogens is 330 g/mol. The van der Waals surface area contributed by atoms with Gasteiger partial charge in [0.2, 0.25) is 0 Å². The van der Waals surface area contributed by atoms with Gasteiger partial charge in [-0.25, -0.2) is 4.79 Å². The first-order valence-electron chi connectivity index (χ1n) is 8.95. The molecule has 0 aromatic heterocycles. The zero-order valence-corrected chi connectivity index (χ0v) is 14.4. The highest BCUT2D eigenvalue weighted by atomic mass is 16.6. The van der Waals surface area contributed by atoms with Crippen molar-refractivity contribution in [2.45, 2.75) is 18.8 Å². The summed E-state index contributed by atoms with van der Waals surface area (Å²) in [4.78, 5) is 24.9. The highest BCUT2D eigenvalue weighted by molar-refractivity contribution is 5.79. The molecule has 1 fully saturated rings. The summed E-state index contributed by atoms with van der Waals surface area (Å²) in [5, 5.41) is 8.90. The van der Waals surface area contributed by atoms with Crippen molar-refractivity contribution in [1.82, 2.24) is 4.90 Å². The highest BCUT2D eigenvalue weighted by Gasteiger charge is 2.32. The van der Waals surface area contributed by atoms with E-state index >= 15 is 0 Å². The lowest BCUT2D eigenvalue weighted by atomic mass is 9.98. The van der Waals surface area contributed by atoms with Crippen molar-refractivity contribution in [2.24, 2.45) is 5.92 Å². The Balaban J connectivity index is 1.44. The van der Waals surface area contributed by atoms with Crippen molar-refractivity contribution in [1.29, 1.82) is 0 Å². The van der Waals surface area contributed by atoms with E-state index in [0.717, 1.165) is 6.42 Å². The minimum atomic E-state index is -0.815. The second-order valence-corrected chi connectivity index (χ2v) is 7.00. The third-order valence-electron chi connectivity index (χ3n) is 5.34. The van der Waals surface area contributed by atoms with Crippen molar-refractivity contribution in [3.63, 3.8) is 0 Å². The molecule has 134 valence electrons. The summed E-state index contributed by atoms with van der Waals surface area (Å²) in [5.41, 5.74) is 4.78. The number of likely N-dealkylation sites (tertiary alicyclic amines) is 1. The Morgan fingerprint density at radius 2 is 1.65 bits per heavy atom. The van der Waals surface area contributed by atoms with Gasteiger partial charge in [-0.2, -0.15) is 0 Å². The van der Waals surface area contributed by atoms with E-state index in [-0.39, 0.29) is 24.3 Å². The molecule has 0 bridgehead atoms. The number of aliphatic carboxylic acids is 1. The summed E-state index contributed by atoms with van der Waals surface area (Å²) in [6, 6.07) is 16.5. The predicted molar refractivity (Wildman–Crippen MR) is 97.0 cm³/mol. The number of rotatable bonds is 4. The van der Waals surface area contributed by atoms with E-state index in [1.165, 1.54) is 22.3 Å². The fourth-order valence-corrected chi connectivity index (χ4v) is 4.10. The number of carbonyl (C=O) groups excluding carboxylic acids is 1. The first kappa shape index (κ1) is 16.6. The lowest BCUT2D eigenvalue weighted by molar-refractivity contribution is -0.138. The van der Waals surface area contributed by atoms with Crippen LogP contribution in [0.2, 0.25) is 0 Å². The van der Waals surface area contributed by atoms with E-state index in [1.54, 1.807) is 4.90 Å². The molecule has 2 aliphatic rings. The van der Waals surface area contributed by atoms with Crippen molar-refractivity contribution >= 4 is 12.1 Å². The molecule has 1 aliphatic heterocycles. The Bertz CT molecular complexity index is 802. The lowest BCUT2D eigenvalue weighted by Crippen LogP contribution is -2.30. The van der Waals surface area contributed by atoms with Crippen molar-refractivity contribution in [2.75, 3.05) is 19.7 Å². The van der Waals surface area contributed by atoms with Gasteiger partial charge in [-0.15, -0.1) is 0 Å². The number of carbonyl (C=O) groups is 2. The molecule has 1 amide bonds. The monoisotopic (exact) mass is 351 g/mol. The minimum Gasteiger partial charge on any atom is -0.481 e. The molecule has 1 atom stereocenters. The molecule has 2 aromatic rings. The molecule has 5 heteroatoms. The van der Waals surface area contributed by atoms with Gasteiger partial charge >= 0.3 is 12.1 Å². The van der Waals surface area contributed by atoms with Crippen LogP contribution in [0.15, 0.2) is 48.5 Å². The fourth-order valence-electron chi connectivity index (χ4n) is 4.10. The van der Waals surface area contributed by atoms with Gasteiger partial charge in [0, 0.05) is 25.4 Å². The third-order valence-corrected chi connectivity index (χ3v) is 5.34. The van der Waals surface area contributed by atoms with Crippen LogP contribution in [-0.2, 0) is 9.53 Å². The third kappa shape index (κ3) is 3.05. The number of ether oxygens (including phenoxy) is 1. The summed E-state index contributed by atoms with van der Waals surface area (Å²) >= 11 is 0. The average Bonchev–Trinajstić information content (AvgIpc) is 3.22. The van der Waals surface area contributed by atoms with Crippen LogP contribution in [0.1, 0.15) is 29.9 Å². The SMILES string of the molecule is O=C(O)C[C@@H]1CCN(C(=O)OCC2c3ccccc3-c3ccccc32)C1. The van der Waals surface area contributed by atoms with E-state index in [0.29, 0.717) is 19.7 Å². The van der Waals surface area contributed by atoms with Crippen LogP contribution in [0.25, 0.3) is 11.1 Å². The average molecular weight is 351 g/mol. The Morgan fingerprint density at radius 1 is 1.04 bits per heavy atom. The second-order valence-electron chi connectivity index (χ2n) is 7.00. The van der Waals surface area contributed by atoms with Crippen LogP contribution < -0.4 is 0 Å². The quantitative estimate of drug-likeness (QED) is 0.911. The van der Waals surface area contributed by atoms with Crippen LogP contribution in [0, 0.1) is 5.92 Å². The van der Waals surface area contributed by atoms with Crippen molar-refractivity contribution < 1.29 is 19.4 Å². The smallest absolute Gasteiger partial charge is 0.409 e. The van der Waals surface area contributed by atoms with Crippen LogP contribution in [-0.4, -0.2) is 41.8 Å². The molecular formula is C21H21NO4. The van der Waals surface area contributed by atoms with Gasteiger partial charge in [-0.05, 0) is 34.6 Å². The van der Waals surface area contributed by atoms with Gasteiger partial charge in [0.15, 0.2) is 0 Å². The lowest BCUT2D eigenvalue weighted by Gasteiger charge is -2.19. The Hall–Kier alpha value is -2.82. The Labute approximate surface area is 152 Å². The zero-order valence-electron chi connectivity index (χ0n) is 14.4. The van der Waals surface area contributed by atoms with E-state index in [9.17, 15) is 9.59 Å². The number of carboxylic acids is 1. The molecule has 26 heavy (non-hydrogen) atoms. The first-order chi connectivity index (χ1) is 12.6. The largest absolute Gasteiger partial charge is 0.481 e. The van der Waals surface area contributed by atoms with Crippen LogP contribution in [0.3, 0.4) is 0 Å². The summed E-state index contributed by atoms with van der Waals surface area (Å²) in [7, 11) is 0.